The van der Waals surface area contributed by atoms with Crippen molar-refractivity contribution in [1.82, 2.24) is 10.3 Å². The second-order valence-electron chi connectivity index (χ2n) is 8.93. The molecule has 0 atom stereocenters. The van der Waals surface area contributed by atoms with Crippen molar-refractivity contribution in [2.24, 2.45) is 23.2 Å². The van der Waals surface area contributed by atoms with E-state index >= 15 is 0 Å². The number of amides is 1. The molecule has 1 aromatic heterocycles. The molecule has 0 saturated heterocycles. The summed E-state index contributed by atoms with van der Waals surface area (Å²) >= 11 is 1.86. The second-order valence-corrected chi connectivity index (χ2v) is 10.0. The molecule has 26 heavy (non-hydrogen) atoms. The van der Waals surface area contributed by atoms with E-state index in [1.807, 2.05) is 11.8 Å². The quantitative estimate of drug-likeness (QED) is 0.582. The van der Waals surface area contributed by atoms with Crippen LogP contribution in [0, 0.1) is 30.1 Å². The third-order valence-corrected chi connectivity index (χ3v) is 8.21. The van der Waals surface area contributed by atoms with E-state index in [4.69, 9.17) is 0 Å². The second kappa shape index (κ2) is 6.33. The molecule has 6 rings (SSSR count). The first-order valence-electron chi connectivity index (χ1n) is 10.1. The third kappa shape index (κ3) is 2.77. The summed E-state index contributed by atoms with van der Waals surface area (Å²) in [6.07, 6.45) is 7.63. The van der Waals surface area contributed by atoms with Crippen LogP contribution in [0.5, 0.6) is 0 Å². The van der Waals surface area contributed by atoms with Gasteiger partial charge in [-0.1, -0.05) is 18.2 Å². The lowest BCUT2D eigenvalue weighted by Crippen LogP contribution is -2.53. The highest BCUT2D eigenvalue weighted by Crippen LogP contribution is 2.60. The molecule has 0 spiro atoms. The van der Waals surface area contributed by atoms with Crippen LogP contribution >= 0.6 is 11.8 Å². The zero-order valence-electron chi connectivity index (χ0n) is 15.5. The molecule has 1 aromatic carbocycles. The highest BCUT2D eigenvalue weighted by atomic mass is 32.2. The lowest BCUT2D eigenvalue weighted by Gasteiger charge is -2.55. The summed E-state index contributed by atoms with van der Waals surface area (Å²) in [5, 5.41) is 4.59. The molecule has 4 bridgehead atoms. The first kappa shape index (κ1) is 16.7. The van der Waals surface area contributed by atoms with Crippen LogP contribution in [0.3, 0.4) is 0 Å². The van der Waals surface area contributed by atoms with Crippen LogP contribution in [0.4, 0.5) is 0 Å². The van der Waals surface area contributed by atoms with Crippen molar-refractivity contribution >= 4 is 28.6 Å². The maximum atomic E-state index is 13.0. The highest BCUT2D eigenvalue weighted by molar-refractivity contribution is 7.99. The molecule has 1 heterocycles. The van der Waals surface area contributed by atoms with E-state index in [2.05, 4.69) is 41.5 Å². The van der Waals surface area contributed by atoms with Gasteiger partial charge in [-0.3, -0.25) is 4.79 Å². The van der Waals surface area contributed by atoms with Crippen LogP contribution in [-0.2, 0) is 4.79 Å². The Labute approximate surface area is 159 Å². The number of hydrogen-bond acceptors (Lipinski definition) is 2. The zero-order chi connectivity index (χ0) is 17.7. The smallest absolute Gasteiger partial charge is 0.226 e. The van der Waals surface area contributed by atoms with Crippen LogP contribution < -0.4 is 5.32 Å². The molecule has 0 unspecified atom stereocenters. The van der Waals surface area contributed by atoms with Crippen LogP contribution in [0.1, 0.15) is 44.2 Å². The van der Waals surface area contributed by atoms with Crippen molar-refractivity contribution in [2.75, 3.05) is 12.3 Å². The van der Waals surface area contributed by atoms with Gasteiger partial charge >= 0.3 is 0 Å². The number of para-hydroxylation sites is 1. The van der Waals surface area contributed by atoms with Gasteiger partial charge in [-0.25, -0.2) is 0 Å². The number of benzene rings is 1. The average Bonchev–Trinajstić information content (AvgIpc) is 2.92. The minimum absolute atomic E-state index is 0.0177. The summed E-state index contributed by atoms with van der Waals surface area (Å²) in [4.78, 5) is 17.8. The molecule has 1 amide bonds. The standard InChI is InChI=1S/C22H28N2OS/c1-14-20(18-4-2-3-5-19(18)24-14)26-7-6-23-21(25)22-11-15-8-16(12-22)10-17(9-15)13-22/h2-5,15-17,24H,6-13H2,1H3,(H,23,25). The Kier molecular flexibility index (Phi) is 4.07. The fourth-order valence-corrected chi connectivity index (χ4v) is 7.34. The summed E-state index contributed by atoms with van der Waals surface area (Å²) in [6, 6.07) is 8.46. The van der Waals surface area contributed by atoms with Crippen molar-refractivity contribution in [3.05, 3.63) is 30.0 Å². The van der Waals surface area contributed by atoms with Gasteiger partial charge in [0.05, 0.1) is 0 Å². The maximum Gasteiger partial charge on any atom is 0.226 e. The fourth-order valence-electron chi connectivity index (χ4n) is 6.33. The summed E-state index contributed by atoms with van der Waals surface area (Å²) in [5.74, 6) is 3.77. The normalized spacial score (nSPS) is 32.3. The van der Waals surface area contributed by atoms with Crippen LogP contribution in [0.15, 0.2) is 29.2 Å². The molecular formula is C22H28N2OS. The first-order chi connectivity index (χ1) is 12.6. The molecule has 4 aliphatic carbocycles. The van der Waals surface area contributed by atoms with Gasteiger partial charge < -0.3 is 10.3 Å². The topological polar surface area (TPSA) is 44.9 Å². The molecule has 2 N–H and O–H groups in total. The van der Waals surface area contributed by atoms with Gasteiger partial charge in [0, 0.05) is 39.2 Å². The number of fused-ring (bicyclic) bond motifs is 1. The van der Waals surface area contributed by atoms with E-state index in [1.165, 1.54) is 40.8 Å². The Morgan fingerprint density at radius 3 is 2.50 bits per heavy atom. The van der Waals surface area contributed by atoms with Gasteiger partial charge in [-0.15, -0.1) is 11.8 Å². The third-order valence-electron chi connectivity index (χ3n) is 6.99. The van der Waals surface area contributed by atoms with Crippen molar-refractivity contribution in [3.8, 4) is 0 Å². The van der Waals surface area contributed by atoms with Crippen molar-refractivity contribution in [2.45, 2.75) is 50.3 Å². The largest absolute Gasteiger partial charge is 0.358 e. The average molecular weight is 369 g/mol. The van der Waals surface area contributed by atoms with Crippen molar-refractivity contribution in [1.29, 1.82) is 0 Å². The number of aryl methyl sites for hydroxylation is 1. The van der Waals surface area contributed by atoms with E-state index in [0.29, 0.717) is 5.91 Å². The van der Waals surface area contributed by atoms with E-state index in [9.17, 15) is 4.79 Å². The molecule has 4 saturated carbocycles. The maximum absolute atomic E-state index is 13.0. The predicted molar refractivity (Wildman–Crippen MR) is 107 cm³/mol. The number of aromatic amines is 1. The fraction of sp³-hybridized carbons (Fsp3) is 0.591. The molecule has 4 heteroatoms. The number of nitrogens with one attached hydrogen (secondary N) is 2. The zero-order valence-corrected chi connectivity index (χ0v) is 16.3. The number of aromatic nitrogens is 1. The van der Waals surface area contributed by atoms with Crippen LogP contribution in [-0.4, -0.2) is 23.2 Å². The van der Waals surface area contributed by atoms with Gasteiger partial charge in [0.2, 0.25) is 5.91 Å². The molecule has 0 radical (unpaired) electrons. The van der Waals surface area contributed by atoms with Gasteiger partial charge in [0.15, 0.2) is 0 Å². The molecule has 138 valence electrons. The Morgan fingerprint density at radius 2 is 1.81 bits per heavy atom. The lowest BCUT2D eigenvalue weighted by molar-refractivity contribution is -0.146. The van der Waals surface area contributed by atoms with Gasteiger partial charge in [-0.2, -0.15) is 0 Å². The Hall–Kier alpha value is -1.42. The van der Waals surface area contributed by atoms with Crippen LogP contribution in [0.25, 0.3) is 10.9 Å². The number of carbonyl (C=O) groups excluding carboxylic acids is 1. The number of H-pyrrole nitrogens is 1. The number of carbonyl (C=O) groups is 1. The molecular weight excluding hydrogens is 340 g/mol. The molecule has 4 fully saturated rings. The monoisotopic (exact) mass is 368 g/mol. The molecule has 0 aliphatic heterocycles. The van der Waals surface area contributed by atoms with Crippen molar-refractivity contribution in [3.63, 3.8) is 0 Å². The number of hydrogen-bond donors (Lipinski definition) is 2. The molecule has 3 nitrogen and oxygen atoms in total. The molecule has 2 aromatic rings. The Morgan fingerprint density at radius 1 is 1.15 bits per heavy atom. The minimum atomic E-state index is -0.0177. The van der Waals surface area contributed by atoms with E-state index < -0.39 is 0 Å². The van der Waals surface area contributed by atoms with Gasteiger partial charge in [-0.05, 0) is 69.3 Å². The van der Waals surface area contributed by atoms with E-state index in [-0.39, 0.29) is 5.41 Å². The number of rotatable bonds is 5. The highest BCUT2D eigenvalue weighted by Gasteiger charge is 2.54. The summed E-state index contributed by atoms with van der Waals surface area (Å²) in [6.45, 7) is 2.90. The Balaban J connectivity index is 1.19. The summed E-state index contributed by atoms with van der Waals surface area (Å²) in [5.41, 5.74) is 2.41. The molecule has 4 aliphatic rings. The summed E-state index contributed by atoms with van der Waals surface area (Å²) < 4.78 is 0. The van der Waals surface area contributed by atoms with E-state index in [1.54, 1.807) is 0 Å². The van der Waals surface area contributed by atoms with Gasteiger partial charge in [0.25, 0.3) is 0 Å². The minimum Gasteiger partial charge on any atom is -0.358 e. The van der Waals surface area contributed by atoms with E-state index in [0.717, 1.165) is 49.3 Å². The summed E-state index contributed by atoms with van der Waals surface area (Å²) in [7, 11) is 0. The Bertz CT molecular complexity index is 804. The SMILES string of the molecule is Cc1[nH]c2ccccc2c1SCCNC(=O)C12CC3CC(CC(C3)C1)C2. The van der Waals surface area contributed by atoms with Gasteiger partial charge in [0.1, 0.15) is 0 Å². The van der Waals surface area contributed by atoms with Crippen molar-refractivity contribution < 1.29 is 4.79 Å². The number of thioether (sulfide) groups is 1. The lowest BCUT2D eigenvalue weighted by atomic mass is 9.49. The predicted octanol–water partition coefficient (Wildman–Crippen LogP) is 4.90. The first-order valence-corrected chi connectivity index (χ1v) is 11.1. The van der Waals surface area contributed by atoms with Crippen LogP contribution in [0.2, 0.25) is 0 Å².